The lowest BCUT2D eigenvalue weighted by molar-refractivity contribution is -0.131. The lowest BCUT2D eigenvalue weighted by Crippen LogP contribution is -2.06. The molecule has 5 nitrogen and oxygen atoms in total. The van der Waals surface area contributed by atoms with E-state index in [0.29, 0.717) is 11.1 Å². The molecule has 2 aromatic rings. The predicted molar refractivity (Wildman–Crippen MR) is 70.0 cm³/mol. The number of aliphatic hydroxyl groups is 1. The van der Waals surface area contributed by atoms with E-state index in [-0.39, 0.29) is 6.61 Å². The number of aliphatic hydroxyl groups excluding tert-OH is 1. The van der Waals surface area contributed by atoms with Crippen molar-refractivity contribution in [1.29, 1.82) is 0 Å². The SMILES string of the molecule is Cc1ccc2c(c1)c(CO)cn2C(=O)/C=C/C(=O)O. The summed E-state index contributed by atoms with van der Waals surface area (Å²) in [6.45, 7) is 1.74. The highest BCUT2D eigenvalue weighted by Crippen LogP contribution is 2.23. The maximum absolute atomic E-state index is 11.9. The number of hydrogen-bond donors (Lipinski definition) is 2. The Bertz CT molecular complexity index is 682. The third kappa shape index (κ3) is 2.56. The molecule has 0 amide bonds. The molecule has 1 aromatic carbocycles. The van der Waals surface area contributed by atoms with Gasteiger partial charge in [-0.15, -0.1) is 0 Å². The van der Waals surface area contributed by atoms with Crippen molar-refractivity contribution in [3.8, 4) is 0 Å². The lowest BCUT2D eigenvalue weighted by Gasteiger charge is -2.00. The molecule has 0 atom stereocenters. The van der Waals surface area contributed by atoms with Crippen molar-refractivity contribution in [3.05, 3.63) is 47.7 Å². The van der Waals surface area contributed by atoms with Crippen LogP contribution in [-0.4, -0.2) is 26.7 Å². The number of carboxylic acid groups (broad SMARTS) is 1. The van der Waals surface area contributed by atoms with Gasteiger partial charge in [0.15, 0.2) is 0 Å². The van der Waals surface area contributed by atoms with Gasteiger partial charge >= 0.3 is 5.97 Å². The summed E-state index contributed by atoms with van der Waals surface area (Å²) in [5, 5.41) is 18.6. The Labute approximate surface area is 109 Å². The molecule has 0 unspecified atom stereocenters. The monoisotopic (exact) mass is 259 g/mol. The standard InChI is InChI=1S/C14H13NO4/c1-9-2-3-12-11(6-9)10(8-16)7-15(12)13(17)4-5-14(18)19/h2-7,16H,8H2,1H3,(H,18,19)/b5-4+. The summed E-state index contributed by atoms with van der Waals surface area (Å²) in [5.41, 5.74) is 2.30. The van der Waals surface area contributed by atoms with Crippen LogP contribution in [0.15, 0.2) is 36.5 Å². The number of allylic oxidation sites excluding steroid dienone is 1. The van der Waals surface area contributed by atoms with Crippen molar-refractivity contribution >= 4 is 22.8 Å². The van der Waals surface area contributed by atoms with Crippen LogP contribution in [-0.2, 0) is 11.4 Å². The maximum Gasteiger partial charge on any atom is 0.328 e. The molecule has 0 aliphatic carbocycles. The van der Waals surface area contributed by atoms with Crippen LogP contribution in [0.3, 0.4) is 0 Å². The van der Waals surface area contributed by atoms with Crippen molar-refractivity contribution in [2.45, 2.75) is 13.5 Å². The fourth-order valence-electron chi connectivity index (χ4n) is 1.94. The van der Waals surface area contributed by atoms with Gasteiger partial charge in [-0.3, -0.25) is 9.36 Å². The molecule has 1 aromatic heterocycles. The van der Waals surface area contributed by atoms with E-state index in [9.17, 15) is 14.7 Å². The van der Waals surface area contributed by atoms with Crippen LogP contribution in [0.1, 0.15) is 15.9 Å². The number of nitrogens with zero attached hydrogens (tertiary/aromatic N) is 1. The second kappa shape index (κ2) is 5.07. The van der Waals surface area contributed by atoms with Crippen molar-refractivity contribution in [3.63, 3.8) is 0 Å². The first kappa shape index (κ1) is 13.0. The topological polar surface area (TPSA) is 79.5 Å². The Morgan fingerprint density at radius 1 is 1.32 bits per heavy atom. The minimum absolute atomic E-state index is 0.178. The Kier molecular flexibility index (Phi) is 3.48. The number of aliphatic carboxylic acids is 1. The highest BCUT2D eigenvalue weighted by Gasteiger charge is 2.11. The van der Waals surface area contributed by atoms with Crippen LogP contribution >= 0.6 is 0 Å². The average molecular weight is 259 g/mol. The van der Waals surface area contributed by atoms with Crippen molar-refractivity contribution < 1.29 is 19.8 Å². The minimum Gasteiger partial charge on any atom is -0.478 e. The second-order valence-electron chi connectivity index (χ2n) is 4.21. The van der Waals surface area contributed by atoms with E-state index in [0.717, 1.165) is 23.1 Å². The van der Waals surface area contributed by atoms with E-state index in [1.165, 1.54) is 10.8 Å². The number of hydrogen-bond acceptors (Lipinski definition) is 3. The summed E-state index contributed by atoms with van der Waals surface area (Å²) in [4.78, 5) is 22.3. The van der Waals surface area contributed by atoms with Gasteiger partial charge in [-0.05, 0) is 19.1 Å². The summed E-state index contributed by atoms with van der Waals surface area (Å²) in [5.74, 6) is -1.64. The molecule has 2 N–H and O–H groups in total. The van der Waals surface area contributed by atoms with E-state index in [4.69, 9.17) is 5.11 Å². The van der Waals surface area contributed by atoms with Crippen LogP contribution < -0.4 is 0 Å². The number of aryl methyl sites for hydroxylation is 1. The summed E-state index contributed by atoms with van der Waals surface area (Å²) in [6, 6.07) is 5.51. The average Bonchev–Trinajstić information content (AvgIpc) is 2.73. The molecule has 0 spiro atoms. The van der Waals surface area contributed by atoms with Gasteiger partial charge in [0.1, 0.15) is 0 Å². The molecule has 0 saturated heterocycles. The first-order valence-corrected chi connectivity index (χ1v) is 5.69. The molecular weight excluding hydrogens is 246 g/mol. The van der Waals surface area contributed by atoms with Crippen molar-refractivity contribution in [2.24, 2.45) is 0 Å². The zero-order chi connectivity index (χ0) is 14.0. The molecule has 98 valence electrons. The van der Waals surface area contributed by atoms with Gasteiger partial charge < -0.3 is 10.2 Å². The molecule has 0 bridgehead atoms. The largest absolute Gasteiger partial charge is 0.478 e. The highest BCUT2D eigenvalue weighted by molar-refractivity contribution is 6.01. The Morgan fingerprint density at radius 3 is 2.68 bits per heavy atom. The van der Waals surface area contributed by atoms with E-state index < -0.39 is 11.9 Å². The Balaban J connectivity index is 2.55. The number of fused-ring (bicyclic) bond motifs is 1. The third-order valence-electron chi connectivity index (χ3n) is 2.82. The van der Waals surface area contributed by atoms with Crippen LogP contribution in [0, 0.1) is 6.92 Å². The van der Waals surface area contributed by atoms with Gasteiger partial charge in [0, 0.05) is 29.3 Å². The number of benzene rings is 1. The van der Waals surface area contributed by atoms with Crippen LogP contribution in [0.25, 0.3) is 10.9 Å². The smallest absolute Gasteiger partial charge is 0.328 e. The van der Waals surface area contributed by atoms with E-state index in [2.05, 4.69) is 0 Å². The number of carbonyl (C=O) groups excluding carboxylic acids is 1. The van der Waals surface area contributed by atoms with Crippen LogP contribution in [0.5, 0.6) is 0 Å². The molecule has 19 heavy (non-hydrogen) atoms. The van der Waals surface area contributed by atoms with E-state index in [1.54, 1.807) is 6.07 Å². The summed E-state index contributed by atoms with van der Waals surface area (Å²) in [6.07, 6.45) is 3.31. The molecule has 2 rings (SSSR count). The van der Waals surface area contributed by atoms with Crippen molar-refractivity contribution in [2.75, 3.05) is 0 Å². The fourth-order valence-corrected chi connectivity index (χ4v) is 1.94. The van der Waals surface area contributed by atoms with Gasteiger partial charge in [-0.1, -0.05) is 11.6 Å². The molecule has 0 radical (unpaired) electrons. The molecule has 5 heteroatoms. The maximum atomic E-state index is 11.9. The summed E-state index contributed by atoms with van der Waals surface area (Å²) >= 11 is 0. The van der Waals surface area contributed by atoms with Crippen LogP contribution in [0.4, 0.5) is 0 Å². The number of aromatic nitrogens is 1. The minimum atomic E-state index is -1.18. The Morgan fingerprint density at radius 2 is 2.05 bits per heavy atom. The molecule has 0 aliphatic heterocycles. The molecule has 0 saturated carbocycles. The number of rotatable bonds is 3. The zero-order valence-electron chi connectivity index (χ0n) is 10.3. The van der Waals surface area contributed by atoms with Gasteiger partial charge in [0.05, 0.1) is 12.1 Å². The molecule has 0 aliphatic rings. The molecule has 0 fully saturated rings. The lowest BCUT2D eigenvalue weighted by atomic mass is 10.1. The van der Waals surface area contributed by atoms with Crippen LogP contribution in [0.2, 0.25) is 0 Å². The number of carboxylic acids is 1. The van der Waals surface area contributed by atoms with Crippen molar-refractivity contribution in [1.82, 2.24) is 4.57 Å². The highest BCUT2D eigenvalue weighted by atomic mass is 16.4. The quantitative estimate of drug-likeness (QED) is 0.822. The zero-order valence-corrected chi connectivity index (χ0v) is 10.3. The number of carbonyl (C=O) groups is 2. The normalized spacial score (nSPS) is 11.3. The van der Waals surface area contributed by atoms with E-state index >= 15 is 0 Å². The van der Waals surface area contributed by atoms with Gasteiger partial charge in [-0.2, -0.15) is 0 Å². The first-order valence-electron chi connectivity index (χ1n) is 5.69. The predicted octanol–water partition coefficient (Wildman–Crippen LogP) is 1.72. The second-order valence-corrected chi connectivity index (χ2v) is 4.21. The summed E-state index contributed by atoms with van der Waals surface area (Å²) < 4.78 is 1.33. The molecule has 1 heterocycles. The third-order valence-corrected chi connectivity index (χ3v) is 2.82. The van der Waals surface area contributed by atoms with E-state index in [1.807, 2.05) is 19.1 Å². The van der Waals surface area contributed by atoms with Gasteiger partial charge in [0.25, 0.3) is 5.91 Å². The van der Waals surface area contributed by atoms with Gasteiger partial charge in [0.2, 0.25) is 0 Å². The molecular formula is C14H13NO4. The first-order chi connectivity index (χ1) is 9.02. The fraction of sp³-hybridized carbons (Fsp3) is 0.143. The Hall–Kier alpha value is -2.40. The summed E-state index contributed by atoms with van der Waals surface area (Å²) in [7, 11) is 0. The van der Waals surface area contributed by atoms with Gasteiger partial charge in [-0.25, -0.2) is 4.79 Å².